The van der Waals surface area contributed by atoms with Crippen molar-refractivity contribution in [3.05, 3.63) is 42.1 Å². The molecular weight excluding hydrogens is 250 g/mol. The van der Waals surface area contributed by atoms with Gasteiger partial charge in [0.1, 0.15) is 0 Å². The highest BCUT2D eigenvalue weighted by molar-refractivity contribution is 6.06. The van der Waals surface area contributed by atoms with Gasteiger partial charge in [-0.25, -0.2) is 0 Å². The number of pyridine rings is 1. The van der Waals surface area contributed by atoms with Crippen LogP contribution >= 0.6 is 0 Å². The fourth-order valence-electron chi connectivity index (χ4n) is 2.93. The Hall–Kier alpha value is -1.94. The maximum Gasteiger partial charge on any atom is 0.254 e. The summed E-state index contributed by atoms with van der Waals surface area (Å²) < 4.78 is 0. The van der Waals surface area contributed by atoms with Gasteiger partial charge in [-0.05, 0) is 38.1 Å². The van der Waals surface area contributed by atoms with Crippen LogP contribution in [0, 0.1) is 5.92 Å². The summed E-state index contributed by atoms with van der Waals surface area (Å²) >= 11 is 0. The average Bonchev–Trinajstić information content (AvgIpc) is 2.95. The van der Waals surface area contributed by atoms with Crippen LogP contribution in [0.5, 0.6) is 0 Å². The van der Waals surface area contributed by atoms with E-state index in [4.69, 9.17) is 0 Å². The van der Waals surface area contributed by atoms with Gasteiger partial charge in [0.2, 0.25) is 0 Å². The maximum atomic E-state index is 12.7. The van der Waals surface area contributed by atoms with Crippen LogP contribution in [0.3, 0.4) is 0 Å². The molecule has 1 amide bonds. The molecule has 4 heteroatoms. The van der Waals surface area contributed by atoms with E-state index in [1.54, 1.807) is 6.20 Å². The Bertz CT molecular complexity index is 621. The summed E-state index contributed by atoms with van der Waals surface area (Å²) in [4.78, 5) is 19.0. The molecule has 1 unspecified atom stereocenters. The third-order valence-electron chi connectivity index (χ3n) is 3.95. The summed E-state index contributed by atoms with van der Waals surface area (Å²) in [7, 11) is 1.96. The molecule has 1 N–H and O–H groups in total. The largest absolute Gasteiger partial charge is 0.338 e. The van der Waals surface area contributed by atoms with E-state index in [9.17, 15) is 4.79 Å². The molecule has 3 rings (SSSR count). The zero-order valence-corrected chi connectivity index (χ0v) is 11.7. The summed E-state index contributed by atoms with van der Waals surface area (Å²) in [6.07, 6.45) is 2.80. The topological polar surface area (TPSA) is 45.2 Å². The predicted molar refractivity (Wildman–Crippen MR) is 79.7 cm³/mol. The number of hydrogen-bond acceptors (Lipinski definition) is 3. The number of likely N-dealkylation sites (tertiary alicyclic amines) is 1. The first-order valence-electron chi connectivity index (χ1n) is 7.07. The van der Waals surface area contributed by atoms with E-state index >= 15 is 0 Å². The zero-order chi connectivity index (χ0) is 13.9. The Kier molecular flexibility index (Phi) is 3.65. The number of nitrogens with one attached hydrogen (secondary N) is 1. The molecule has 0 radical (unpaired) electrons. The molecule has 104 valence electrons. The number of carbonyl (C=O) groups is 1. The van der Waals surface area contributed by atoms with Crippen molar-refractivity contribution in [3.8, 4) is 0 Å². The van der Waals surface area contributed by atoms with Crippen molar-refractivity contribution in [2.75, 3.05) is 26.7 Å². The molecule has 0 aliphatic carbocycles. The van der Waals surface area contributed by atoms with Crippen molar-refractivity contribution >= 4 is 16.8 Å². The lowest BCUT2D eigenvalue weighted by Gasteiger charge is -2.17. The van der Waals surface area contributed by atoms with E-state index in [2.05, 4.69) is 10.3 Å². The van der Waals surface area contributed by atoms with Gasteiger partial charge in [-0.3, -0.25) is 9.78 Å². The number of rotatable bonds is 3. The molecule has 1 saturated heterocycles. The molecule has 1 aliphatic heterocycles. The molecule has 2 heterocycles. The minimum atomic E-state index is 0.127. The highest BCUT2D eigenvalue weighted by atomic mass is 16.2. The first-order valence-corrected chi connectivity index (χ1v) is 7.07. The van der Waals surface area contributed by atoms with Crippen LogP contribution in [0.4, 0.5) is 0 Å². The second-order valence-corrected chi connectivity index (χ2v) is 5.34. The number of benzene rings is 1. The summed E-state index contributed by atoms with van der Waals surface area (Å²) in [5.74, 6) is 0.694. The third kappa shape index (κ3) is 2.39. The normalized spacial score (nSPS) is 18.6. The molecular formula is C16H19N3O. The lowest BCUT2D eigenvalue weighted by molar-refractivity contribution is 0.0789. The predicted octanol–water partition coefficient (Wildman–Crippen LogP) is 1.92. The molecule has 1 aliphatic rings. The highest BCUT2D eigenvalue weighted by Crippen LogP contribution is 2.22. The average molecular weight is 269 g/mol. The second kappa shape index (κ2) is 5.59. The van der Waals surface area contributed by atoms with Gasteiger partial charge in [-0.2, -0.15) is 0 Å². The van der Waals surface area contributed by atoms with Crippen molar-refractivity contribution in [1.29, 1.82) is 0 Å². The van der Waals surface area contributed by atoms with Crippen LogP contribution in [0.1, 0.15) is 16.8 Å². The van der Waals surface area contributed by atoms with Gasteiger partial charge in [0.05, 0.1) is 11.1 Å². The maximum absolute atomic E-state index is 12.7. The van der Waals surface area contributed by atoms with Gasteiger partial charge in [0.15, 0.2) is 0 Å². The SMILES string of the molecule is CNCC1CCN(C(=O)c2ccnc3ccccc23)C1. The number of nitrogens with zero attached hydrogens (tertiary/aromatic N) is 2. The van der Waals surface area contributed by atoms with Gasteiger partial charge in [0.25, 0.3) is 5.91 Å². The molecule has 0 spiro atoms. The number of carbonyl (C=O) groups excluding carboxylic acids is 1. The molecule has 1 atom stereocenters. The van der Waals surface area contributed by atoms with Crippen LogP contribution < -0.4 is 5.32 Å². The van der Waals surface area contributed by atoms with Gasteiger partial charge in [-0.15, -0.1) is 0 Å². The molecule has 1 aromatic carbocycles. The van der Waals surface area contributed by atoms with Crippen molar-refractivity contribution < 1.29 is 4.79 Å². The Morgan fingerprint density at radius 3 is 3.10 bits per heavy atom. The van der Waals surface area contributed by atoms with Gasteiger partial charge in [-0.1, -0.05) is 18.2 Å². The zero-order valence-electron chi connectivity index (χ0n) is 11.7. The number of para-hydroxylation sites is 1. The number of aromatic nitrogens is 1. The van der Waals surface area contributed by atoms with Crippen LogP contribution in [-0.4, -0.2) is 42.5 Å². The Morgan fingerprint density at radius 1 is 1.40 bits per heavy atom. The fourth-order valence-corrected chi connectivity index (χ4v) is 2.93. The van der Waals surface area contributed by atoms with E-state index in [-0.39, 0.29) is 5.91 Å². The first-order chi connectivity index (χ1) is 9.79. The number of amides is 1. The van der Waals surface area contributed by atoms with Crippen molar-refractivity contribution in [1.82, 2.24) is 15.2 Å². The molecule has 4 nitrogen and oxygen atoms in total. The van der Waals surface area contributed by atoms with E-state index in [1.807, 2.05) is 42.3 Å². The van der Waals surface area contributed by atoms with E-state index in [1.165, 1.54) is 0 Å². The van der Waals surface area contributed by atoms with Crippen LogP contribution in [0.25, 0.3) is 10.9 Å². The van der Waals surface area contributed by atoms with Crippen molar-refractivity contribution in [2.24, 2.45) is 5.92 Å². The summed E-state index contributed by atoms with van der Waals surface area (Å²) in [5.41, 5.74) is 1.64. The Balaban J connectivity index is 1.86. The van der Waals surface area contributed by atoms with Crippen molar-refractivity contribution in [3.63, 3.8) is 0 Å². The smallest absolute Gasteiger partial charge is 0.254 e. The van der Waals surface area contributed by atoms with E-state index in [0.717, 1.165) is 42.5 Å². The summed E-state index contributed by atoms with van der Waals surface area (Å²) in [6.45, 7) is 2.67. The number of hydrogen-bond donors (Lipinski definition) is 1. The summed E-state index contributed by atoms with van der Waals surface area (Å²) in [6, 6.07) is 9.64. The summed E-state index contributed by atoms with van der Waals surface area (Å²) in [5, 5.41) is 4.13. The van der Waals surface area contributed by atoms with Crippen molar-refractivity contribution in [2.45, 2.75) is 6.42 Å². The quantitative estimate of drug-likeness (QED) is 0.926. The third-order valence-corrected chi connectivity index (χ3v) is 3.95. The van der Waals surface area contributed by atoms with Crippen LogP contribution in [0.2, 0.25) is 0 Å². The lowest BCUT2D eigenvalue weighted by Crippen LogP contribution is -2.30. The molecule has 1 aromatic heterocycles. The lowest BCUT2D eigenvalue weighted by atomic mass is 10.1. The number of fused-ring (bicyclic) bond motifs is 1. The Labute approximate surface area is 118 Å². The van der Waals surface area contributed by atoms with Gasteiger partial charge in [0, 0.05) is 24.7 Å². The first kappa shape index (κ1) is 13.1. The standard InChI is InChI=1S/C16H19N3O/c1-17-10-12-7-9-19(11-12)16(20)14-6-8-18-15-5-3-2-4-13(14)15/h2-6,8,12,17H,7,9-11H2,1H3. The minimum absolute atomic E-state index is 0.127. The molecule has 0 saturated carbocycles. The molecule has 2 aromatic rings. The van der Waals surface area contributed by atoms with Crippen LogP contribution in [-0.2, 0) is 0 Å². The monoisotopic (exact) mass is 269 g/mol. The highest BCUT2D eigenvalue weighted by Gasteiger charge is 2.27. The molecule has 1 fully saturated rings. The Morgan fingerprint density at radius 2 is 2.25 bits per heavy atom. The van der Waals surface area contributed by atoms with Gasteiger partial charge < -0.3 is 10.2 Å². The minimum Gasteiger partial charge on any atom is -0.338 e. The van der Waals surface area contributed by atoms with E-state index in [0.29, 0.717) is 5.92 Å². The fraction of sp³-hybridized carbons (Fsp3) is 0.375. The molecule has 0 bridgehead atoms. The van der Waals surface area contributed by atoms with Gasteiger partial charge >= 0.3 is 0 Å². The van der Waals surface area contributed by atoms with Crippen LogP contribution in [0.15, 0.2) is 36.5 Å². The molecule has 20 heavy (non-hydrogen) atoms. The second-order valence-electron chi connectivity index (χ2n) is 5.34. The van der Waals surface area contributed by atoms with E-state index < -0.39 is 0 Å².